The van der Waals surface area contributed by atoms with E-state index in [0.717, 1.165) is 37.4 Å². The Hall–Kier alpha value is -1.45. The van der Waals surface area contributed by atoms with Gasteiger partial charge in [-0.3, -0.25) is 4.99 Å². The smallest absolute Gasteiger partial charge is 0.191 e. The van der Waals surface area contributed by atoms with Crippen LogP contribution in [0.15, 0.2) is 23.2 Å². The zero-order valence-electron chi connectivity index (χ0n) is 9.87. The predicted octanol–water partition coefficient (Wildman–Crippen LogP) is 0.407. The predicted molar refractivity (Wildman–Crippen MR) is 70.9 cm³/mol. The van der Waals surface area contributed by atoms with Gasteiger partial charge in [-0.05, 0) is 30.4 Å². The van der Waals surface area contributed by atoms with Crippen molar-refractivity contribution in [3.63, 3.8) is 0 Å². The van der Waals surface area contributed by atoms with Crippen molar-refractivity contribution in [2.24, 2.45) is 4.99 Å². The van der Waals surface area contributed by atoms with Crippen LogP contribution in [0.2, 0.25) is 0 Å². The lowest BCUT2D eigenvalue weighted by atomic mass is 9.79. The Bertz CT molecular complexity index is 456. The minimum atomic E-state index is 0.353. The van der Waals surface area contributed by atoms with E-state index in [1.54, 1.807) is 0 Å². The fraction of sp³-hybridized carbons (Fsp3) is 0.462. The molecule has 4 heteroatoms. The van der Waals surface area contributed by atoms with Crippen LogP contribution in [-0.2, 0) is 6.42 Å². The third-order valence-corrected chi connectivity index (χ3v) is 3.53. The van der Waals surface area contributed by atoms with E-state index in [-0.39, 0.29) is 0 Å². The molecule has 1 unspecified atom stereocenters. The molecule has 3 rings (SSSR count). The zero-order valence-corrected chi connectivity index (χ0v) is 9.87. The molecule has 86 valence electrons. The number of aliphatic imine (C=N–C) groups is 1. The standard InChI is InChI=1S/C13H16BN3/c14-11-5-1-4-10-9(11)3-2-6-12(10)17-13-15-7-8-16-13/h1,4-5,12H,2-3,6-8H2,(H2,15,16,17). The van der Waals surface area contributed by atoms with Crippen LogP contribution in [0.4, 0.5) is 0 Å². The Morgan fingerprint density at radius 1 is 1.41 bits per heavy atom. The Kier molecular flexibility index (Phi) is 2.79. The summed E-state index contributed by atoms with van der Waals surface area (Å²) in [4.78, 5) is 4.39. The molecule has 2 radical (unpaired) electrons. The maximum Gasteiger partial charge on any atom is 0.191 e. The number of nitrogens with zero attached hydrogens (tertiary/aromatic N) is 1. The van der Waals surface area contributed by atoms with Crippen LogP contribution >= 0.6 is 0 Å². The molecule has 0 bridgehead atoms. The third kappa shape index (κ3) is 2.04. The number of guanidine groups is 1. The normalized spacial score (nSPS) is 22.6. The van der Waals surface area contributed by atoms with Crippen LogP contribution in [0.3, 0.4) is 0 Å². The third-order valence-electron chi connectivity index (χ3n) is 3.53. The Morgan fingerprint density at radius 3 is 3.18 bits per heavy atom. The molecule has 1 aliphatic heterocycles. The van der Waals surface area contributed by atoms with Crippen LogP contribution in [0.25, 0.3) is 0 Å². The Morgan fingerprint density at radius 2 is 2.35 bits per heavy atom. The molecule has 1 aliphatic carbocycles. The fourth-order valence-electron chi connectivity index (χ4n) is 2.69. The van der Waals surface area contributed by atoms with Gasteiger partial charge in [-0.2, -0.15) is 0 Å². The van der Waals surface area contributed by atoms with Crippen LogP contribution in [0, 0.1) is 0 Å². The molecule has 0 saturated heterocycles. The molecule has 0 spiro atoms. The highest BCUT2D eigenvalue weighted by Gasteiger charge is 2.22. The van der Waals surface area contributed by atoms with E-state index in [9.17, 15) is 0 Å². The molecule has 0 aromatic heterocycles. The number of hydrogen-bond donors (Lipinski definition) is 2. The van der Waals surface area contributed by atoms with Crippen LogP contribution in [0.5, 0.6) is 0 Å². The van der Waals surface area contributed by atoms with Crippen molar-refractivity contribution in [2.45, 2.75) is 25.3 Å². The average molecular weight is 225 g/mol. The highest BCUT2D eigenvalue weighted by Crippen LogP contribution is 2.28. The van der Waals surface area contributed by atoms with E-state index in [1.165, 1.54) is 17.5 Å². The number of hydrogen-bond acceptors (Lipinski definition) is 3. The van der Waals surface area contributed by atoms with Gasteiger partial charge < -0.3 is 10.6 Å². The Labute approximate surface area is 103 Å². The largest absolute Gasteiger partial charge is 0.355 e. The van der Waals surface area contributed by atoms with Crippen molar-refractivity contribution < 1.29 is 0 Å². The van der Waals surface area contributed by atoms with Crippen LogP contribution in [0.1, 0.15) is 30.0 Å². The van der Waals surface area contributed by atoms with Crippen molar-refractivity contribution in [1.29, 1.82) is 0 Å². The molecule has 2 N–H and O–H groups in total. The zero-order chi connectivity index (χ0) is 11.7. The Balaban J connectivity index is 1.86. The van der Waals surface area contributed by atoms with Crippen molar-refractivity contribution in [2.75, 3.05) is 13.1 Å². The molecule has 0 saturated carbocycles. The van der Waals surface area contributed by atoms with Crippen molar-refractivity contribution >= 4 is 19.3 Å². The lowest BCUT2D eigenvalue weighted by molar-refractivity contribution is 0.524. The van der Waals surface area contributed by atoms with E-state index >= 15 is 0 Å². The first kappa shape index (κ1) is 10.7. The highest BCUT2D eigenvalue weighted by molar-refractivity contribution is 6.33. The summed E-state index contributed by atoms with van der Waals surface area (Å²) in [5.41, 5.74) is 3.58. The van der Waals surface area contributed by atoms with Crippen molar-refractivity contribution in [3.8, 4) is 0 Å². The first-order valence-corrected chi connectivity index (χ1v) is 6.27. The van der Waals surface area contributed by atoms with Gasteiger partial charge in [0.15, 0.2) is 5.96 Å². The maximum absolute atomic E-state index is 6.04. The van der Waals surface area contributed by atoms with Crippen molar-refractivity contribution in [3.05, 3.63) is 29.3 Å². The highest BCUT2D eigenvalue weighted by atomic mass is 15.2. The van der Waals surface area contributed by atoms with E-state index in [0.29, 0.717) is 6.04 Å². The minimum absolute atomic E-state index is 0.353. The summed E-state index contributed by atoms with van der Waals surface area (Å²) in [6.07, 6.45) is 3.43. The molecular weight excluding hydrogens is 209 g/mol. The lowest BCUT2D eigenvalue weighted by Gasteiger charge is -2.28. The van der Waals surface area contributed by atoms with Crippen LogP contribution < -0.4 is 16.1 Å². The van der Waals surface area contributed by atoms with Gasteiger partial charge >= 0.3 is 0 Å². The molecule has 17 heavy (non-hydrogen) atoms. The molecular formula is C13H16BN3. The summed E-state index contributed by atoms with van der Waals surface area (Å²) in [5.74, 6) is 0.935. The summed E-state index contributed by atoms with van der Waals surface area (Å²) in [5, 5.41) is 6.74. The number of benzene rings is 1. The monoisotopic (exact) mass is 225 g/mol. The summed E-state index contributed by atoms with van der Waals surface area (Å²) in [6, 6.07) is 6.56. The number of nitrogens with one attached hydrogen (secondary N) is 2. The molecule has 3 nitrogen and oxygen atoms in total. The van der Waals surface area contributed by atoms with E-state index in [2.05, 4.69) is 21.7 Å². The van der Waals surface area contributed by atoms with E-state index < -0.39 is 0 Å². The maximum atomic E-state index is 6.04. The van der Waals surface area contributed by atoms with E-state index in [1.807, 2.05) is 12.1 Å². The first-order valence-electron chi connectivity index (χ1n) is 6.27. The topological polar surface area (TPSA) is 36.4 Å². The average Bonchev–Trinajstić information content (AvgIpc) is 2.83. The van der Waals surface area contributed by atoms with Gasteiger partial charge in [0.2, 0.25) is 0 Å². The quantitative estimate of drug-likeness (QED) is 0.679. The van der Waals surface area contributed by atoms with Gasteiger partial charge in [0, 0.05) is 6.54 Å². The molecule has 1 heterocycles. The SMILES string of the molecule is [B]c1cccc2c1CCCC2NC1=NCCN1. The van der Waals surface area contributed by atoms with Gasteiger partial charge in [-0.15, -0.1) is 0 Å². The second-order valence-corrected chi connectivity index (χ2v) is 4.66. The molecule has 0 amide bonds. The molecule has 1 aromatic carbocycles. The van der Waals surface area contributed by atoms with Gasteiger partial charge in [-0.25, -0.2) is 0 Å². The second kappa shape index (κ2) is 4.44. The summed E-state index contributed by atoms with van der Waals surface area (Å²) in [7, 11) is 6.04. The molecule has 2 aliphatic rings. The molecule has 0 fully saturated rings. The second-order valence-electron chi connectivity index (χ2n) is 4.66. The fourth-order valence-corrected chi connectivity index (χ4v) is 2.69. The number of rotatable bonds is 1. The molecule has 1 aromatic rings. The summed E-state index contributed by atoms with van der Waals surface area (Å²) < 4.78 is 0. The summed E-state index contributed by atoms with van der Waals surface area (Å²) in [6.45, 7) is 1.82. The van der Waals surface area contributed by atoms with Gasteiger partial charge in [-0.1, -0.05) is 23.7 Å². The van der Waals surface area contributed by atoms with Gasteiger partial charge in [0.05, 0.1) is 12.6 Å². The van der Waals surface area contributed by atoms with Gasteiger partial charge in [0.25, 0.3) is 0 Å². The lowest BCUT2D eigenvalue weighted by Crippen LogP contribution is -2.38. The number of fused-ring (bicyclic) bond motifs is 1. The first-order chi connectivity index (χ1) is 8.34. The van der Waals surface area contributed by atoms with Crippen LogP contribution in [-0.4, -0.2) is 26.9 Å². The minimum Gasteiger partial charge on any atom is -0.355 e. The van der Waals surface area contributed by atoms with Crippen molar-refractivity contribution in [1.82, 2.24) is 10.6 Å². The summed E-state index contributed by atoms with van der Waals surface area (Å²) >= 11 is 0. The van der Waals surface area contributed by atoms with E-state index in [4.69, 9.17) is 7.85 Å². The van der Waals surface area contributed by atoms with Gasteiger partial charge in [0.1, 0.15) is 7.85 Å². The molecule has 1 atom stereocenters.